The monoisotopic (exact) mass is 420 g/mol. The molecule has 2 aromatic carbocycles. The van der Waals surface area contributed by atoms with Crippen molar-refractivity contribution >= 4 is 33.4 Å². The number of hydrogen-bond donors (Lipinski definition) is 1. The Bertz CT molecular complexity index is 1250. The highest BCUT2D eigenvalue weighted by Gasteiger charge is 2.14. The lowest BCUT2D eigenvalue weighted by molar-refractivity contribution is 0.102. The number of aromatic nitrogens is 3. The first-order chi connectivity index (χ1) is 14.5. The van der Waals surface area contributed by atoms with Gasteiger partial charge in [0.25, 0.3) is 5.91 Å². The van der Waals surface area contributed by atoms with Crippen LogP contribution in [0, 0.1) is 13.8 Å². The number of methoxy groups -OCH3 is 2. The van der Waals surface area contributed by atoms with Crippen LogP contribution in [0.5, 0.6) is 11.5 Å². The Morgan fingerprint density at radius 1 is 0.933 bits per heavy atom. The molecule has 152 valence electrons. The predicted octanol–water partition coefficient (Wildman–Crippen LogP) is 4.64. The number of ether oxygens (including phenoxy) is 2. The molecule has 0 aliphatic carbocycles. The molecule has 2 heterocycles. The van der Waals surface area contributed by atoms with Crippen molar-refractivity contribution < 1.29 is 14.3 Å². The molecule has 0 saturated carbocycles. The standard InChI is InChI=1S/C22H20N4O3S/c1-12-13(2)24-18-9-14(5-7-17(18)23-12)21(27)26-22-25-19(11-30-22)16-10-15(28-3)6-8-20(16)29-4/h5-11H,1-4H3,(H,25,26,27). The van der Waals surface area contributed by atoms with Crippen molar-refractivity contribution in [1.82, 2.24) is 15.0 Å². The van der Waals surface area contributed by atoms with Crippen LogP contribution in [-0.2, 0) is 0 Å². The molecule has 4 aromatic rings. The highest BCUT2D eigenvalue weighted by atomic mass is 32.1. The van der Waals surface area contributed by atoms with Crippen LogP contribution in [0.25, 0.3) is 22.3 Å². The Kier molecular flexibility index (Phi) is 5.33. The van der Waals surface area contributed by atoms with Crippen molar-refractivity contribution in [3.8, 4) is 22.8 Å². The second-order valence-electron chi connectivity index (χ2n) is 6.66. The summed E-state index contributed by atoms with van der Waals surface area (Å²) in [5, 5.41) is 5.21. The average Bonchev–Trinajstić information content (AvgIpc) is 3.22. The van der Waals surface area contributed by atoms with E-state index >= 15 is 0 Å². The Morgan fingerprint density at radius 2 is 1.70 bits per heavy atom. The highest BCUT2D eigenvalue weighted by Crippen LogP contribution is 2.35. The minimum Gasteiger partial charge on any atom is -0.497 e. The maximum absolute atomic E-state index is 12.7. The third-order valence-corrected chi connectivity index (χ3v) is 5.50. The minimum atomic E-state index is -0.254. The van der Waals surface area contributed by atoms with Gasteiger partial charge in [0.15, 0.2) is 5.13 Å². The summed E-state index contributed by atoms with van der Waals surface area (Å²) in [6.45, 7) is 3.82. The minimum absolute atomic E-state index is 0.254. The van der Waals surface area contributed by atoms with Gasteiger partial charge in [0.2, 0.25) is 0 Å². The summed E-state index contributed by atoms with van der Waals surface area (Å²) in [4.78, 5) is 26.3. The summed E-state index contributed by atoms with van der Waals surface area (Å²) in [6.07, 6.45) is 0. The van der Waals surface area contributed by atoms with E-state index < -0.39 is 0 Å². The summed E-state index contributed by atoms with van der Waals surface area (Å²) in [5.74, 6) is 1.13. The molecule has 30 heavy (non-hydrogen) atoms. The molecule has 0 unspecified atom stereocenters. The van der Waals surface area contributed by atoms with Gasteiger partial charge in [-0.2, -0.15) is 0 Å². The van der Waals surface area contributed by atoms with Gasteiger partial charge in [0, 0.05) is 16.5 Å². The van der Waals surface area contributed by atoms with Crippen LogP contribution in [0.4, 0.5) is 5.13 Å². The molecule has 7 nitrogen and oxygen atoms in total. The summed E-state index contributed by atoms with van der Waals surface area (Å²) in [5.41, 5.74) is 5.15. The van der Waals surface area contributed by atoms with Gasteiger partial charge in [0.05, 0.1) is 42.3 Å². The van der Waals surface area contributed by atoms with E-state index in [-0.39, 0.29) is 5.91 Å². The van der Waals surface area contributed by atoms with Crippen LogP contribution in [0.15, 0.2) is 41.8 Å². The maximum Gasteiger partial charge on any atom is 0.257 e. The second-order valence-corrected chi connectivity index (χ2v) is 7.51. The van der Waals surface area contributed by atoms with Crippen molar-refractivity contribution in [3.05, 3.63) is 58.7 Å². The van der Waals surface area contributed by atoms with Gasteiger partial charge in [-0.3, -0.25) is 10.1 Å². The number of carbonyl (C=O) groups excluding carboxylic acids is 1. The molecule has 4 rings (SSSR count). The van der Waals surface area contributed by atoms with Gasteiger partial charge in [-0.25, -0.2) is 15.0 Å². The molecule has 0 fully saturated rings. The fraction of sp³-hybridized carbons (Fsp3) is 0.182. The van der Waals surface area contributed by atoms with E-state index in [4.69, 9.17) is 9.47 Å². The van der Waals surface area contributed by atoms with Gasteiger partial charge in [-0.05, 0) is 50.2 Å². The number of thiazole rings is 1. The summed E-state index contributed by atoms with van der Waals surface area (Å²) in [7, 11) is 3.21. The molecule has 8 heteroatoms. The molecule has 1 N–H and O–H groups in total. The molecule has 0 spiro atoms. The van der Waals surface area contributed by atoms with Crippen LogP contribution >= 0.6 is 11.3 Å². The van der Waals surface area contributed by atoms with Crippen LogP contribution in [-0.4, -0.2) is 35.1 Å². The first kappa shape index (κ1) is 19.8. The molecule has 0 atom stereocenters. The summed E-state index contributed by atoms with van der Waals surface area (Å²) >= 11 is 1.34. The molecule has 1 amide bonds. The van der Waals surface area contributed by atoms with Crippen molar-refractivity contribution in [3.63, 3.8) is 0 Å². The third kappa shape index (κ3) is 3.81. The van der Waals surface area contributed by atoms with Crippen molar-refractivity contribution in [2.24, 2.45) is 0 Å². The quantitative estimate of drug-likeness (QED) is 0.506. The topological polar surface area (TPSA) is 86.2 Å². The average molecular weight is 420 g/mol. The van der Waals surface area contributed by atoms with E-state index in [0.29, 0.717) is 33.4 Å². The van der Waals surface area contributed by atoms with Crippen molar-refractivity contribution in [1.29, 1.82) is 0 Å². The highest BCUT2D eigenvalue weighted by molar-refractivity contribution is 7.14. The summed E-state index contributed by atoms with van der Waals surface area (Å²) < 4.78 is 10.7. The fourth-order valence-electron chi connectivity index (χ4n) is 3.01. The van der Waals surface area contributed by atoms with E-state index in [1.54, 1.807) is 32.4 Å². The SMILES string of the molecule is COc1ccc(OC)c(-c2csc(NC(=O)c3ccc4nc(C)c(C)nc4c3)n2)c1. The lowest BCUT2D eigenvalue weighted by atomic mass is 10.1. The molecular weight excluding hydrogens is 400 g/mol. The largest absolute Gasteiger partial charge is 0.497 e. The number of rotatable bonds is 5. The summed E-state index contributed by atoms with van der Waals surface area (Å²) in [6, 6.07) is 10.8. The molecule has 0 saturated heterocycles. The van der Waals surface area contributed by atoms with Crippen LogP contribution in [0.2, 0.25) is 0 Å². The Labute approximate surface area is 177 Å². The normalized spacial score (nSPS) is 10.8. The second kappa shape index (κ2) is 8.08. The van der Waals surface area contributed by atoms with Crippen molar-refractivity contribution in [2.75, 3.05) is 19.5 Å². The van der Waals surface area contributed by atoms with Gasteiger partial charge < -0.3 is 9.47 Å². The third-order valence-electron chi connectivity index (χ3n) is 4.74. The van der Waals surface area contributed by atoms with E-state index in [1.807, 2.05) is 37.4 Å². The number of nitrogens with one attached hydrogen (secondary N) is 1. The number of benzene rings is 2. The number of nitrogens with zero attached hydrogens (tertiary/aromatic N) is 3. The van der Waals surface area contributed by atoms with E-state index in [1.165, 1.54) is 11.3 Å². The van der Waals surface area contributed by atoms with Gasteiger partial charge in [-0.15, -0.1) is 11.3 Å². The lowest BCUT2D eigenvalue weighted by Crippen LogP contribution is -2.12. The number of aryl methyl sites for hydroxylation is 2. The lowest BCUT2D eigenvalue weighted by Gasteiger charge is -2.08. The first-order valence-corrected chi connectivity index (χ1v) is 10.1. The number of carbonyl (C=O) groups is 1. The van der Waals surface area contributed by atoms with Crippen molar-refractivity contribution in [2.45, 2.75) is 13.8 Å². The van der Waals surface area contributed by atoms with Gasteiger partial charge >= 0.3 is 0 Å². The first-order valence-electron chi connectivity index (χ1n) is 9.23. The number of hydrogen-bond acceptors (Lipinski definition) is 7. The van der Waals surface area contributed by atoms with E-state index in [0.717, 1.165) is 22.5 Å². The molecule has 0 aliphatic rings. The van der Waals surface area contributed by atoms with E-state index in [9.17, 15) is 4.79 Å². The van der Waals surface area contributed by atoms with Gasteiger partial charge in [0.1, 0.15) is 11.5 Å². The zero-order valence-corrected chi connectivity index (χ0v) is 17.8. The fourth-order valence-corrected chi connectivity index (χ4v) is 3.72. The predicted molar refractivity (Wildman–Crippen MR) is 118 cm³/mol. The number of amides is 1. The zero-order valence-electron chi connectivity index (χ0n) is 17.0. The number of fused-ring (bicyclic) bond motifs is 1. The Morgan fingerprint density at radius 3 is 2.43 bits per heavy atom. The van der Waals surface area contributed by atoms with Crippen LogP contribution in [0.1, 0.15) is 21.7 Å². The zero-order chi connectivity index (χ0) is 21.3. The van der Waals surface area contributed by atoms with Crippen LogP contribution < -0.4 is 14.8 Å². The molecule has 0 radical (unpaired) electrons. The Hall–Kier alpha value is -3.52. The Balaban J connectivity index is 1.59. The molecule has 0 bridgehead atoms. The van der Waals surface area contributed by atoms with Gasteiger partial charge in [-0.1, -0.05) is 0 Å². The smallest absolute Gasteiger partial charge is 0.257 e. The van der Waals surface area contributed by atoms with Crippen LogP contribution in [0.3, 0.4) is 0 Å². The number of anilines is 1. The molecule has 2 aromatic heterocycles. The van der Waals surface area contributed by atoms with E-state index in [2.05, 4.69) is 20.3 Å². The maximum atomic E-state index is 12.7. The molecular formula is C22H20N4O3S. The molecule has 0 aliphatic heterocycles.